The molecule has 1 amide bonds. The summed E-state index contributed by atoms with van der Waals surface area (Å²) in [4.78, 5) is 37.2. The van der Waals surface area contributed by atoms with Gasteiger partial charge in [0.25, 0.3) is 5.56 Å². The number of benzene rings is 1. The maximum Gasteiger partial charge on any atom is 0.421 e. The van der Waals surface area contributed by atoms with E-state index in [0.717, 1.165) is 12.3 Å². The molecule has 12 heteroatoms. The smallest absolute Gasteiger partial charge is 0.339 e. The van der Waals surface area contributed by atoms with Gasteiger partial charge in [-0.25, -0.2) is 8.42 Å². The minimum Gasteiger partial charge on any atom is -0.339 e. The van der Waals surface area contributed by atoms with E-state index in [4.69, 9.17) is 0 Å². The van der Waals surface area contributed by atoms with E-state index in [-0.39, 0.29) is 36.9 Å². The second-order valence-electron chi connectivity index (χ2n) is 7.22. The topological polar surface area (TPSA) is 96.8 Å². The van der Waals surface area contributed by atoms with Gasteiger partial charge in [-0.05, 0) is 31.2 Å². The largest absolute Gasteiger partial charge is 0.421 e. The summed E-state index contributed by atoms with van der Waals surface area (Å²) >= 11 is 0. The molecule has 0 atom stereocenters. The first-order valence-corrected chi connectivity index (χ1v) is 11.0. The molecule has 1 fully saturated rings. The molecular weight excluding hydrogens is 451 g/mol. The Morgan fingerprint density at radius 2 is 1.59 bits per heavy atom. The SMILES string of the molecule is CC(=O)c1ccc(S(=O)(=O)N2CCN(C(=O)Cn3cccc(C(F)(F)F)c3=O)CC2)cc1. The van der Waals surface area contributed by atoms with Crippen LogP contribution in [0.15, 0.2) is 52.3 Å². The number of ketones is 1. The highest BCUT2D eigenvalue weighted by Crippen LogP contribution is 2.26. The maximum absolute atomic E-state index is 12.9. The number of rotatable bonds is 5. The van der Waals surface area contributed by atoms with Gasteiger partial charge in [-0.3, -0.25) is 14.4 Å². The number of aromatic nitrogens is 1. The van der Waals surface area contributed by atoms with Crippen LogP contribution >= 0.6 is 0 Å². The van der Waals surface area contributed by atoms with Gasteiger partial charge in [-0.1, -0.05) is 12.1 Å². The van der Waals surface area contributed by atoms with Crippen LogP contribution in [0.5, 0.6) is 0 Å². The fourth-order valence-electron chi connectivity index (χ4n) is 3.31. The molecule has 0 spiro atoms. The summed E-state index contributed by atoms with van der Waals surface area (Å²) in [6.07, 6.45) is -3.73. The van der Waals surface area contributed by atoms with E-state index in [1.54, 1.807) is 0 Å². The number of sulfonamides is 1. The zero-order valence-electron chi connectivity index (χ0n) is 17.0. The highest BCUT2D eigenvalue weighted by atomic mass is 32.2. The van der Waals surface area contributed by atoms with Gasteiger partial charge in [0, 0.05) is 37.9 Å². The van der Waals surface area contributed by atoms with Crippen LogP contribution in [0.1, 0.15) is 22.8 Å². The molecule has 1 saturated heterocycles. The number of halogens is 3. The van der Waals surface area contributed by atoms with Crippen LogP contribution in [-0.4, -0.2) is 60.1 Å². The predicted octanol–water partition coefficient (Wildman–Crippen LogP) is 1.60. The van der Waals surface area contributed by atoms with E-state index < -0.39 is 39.8 Å². The zero-order chi connectivity index (χ0) is 23.7. The van der Waals surface area contributed by atoms with Crippen molar-refractivity contribution in [2.24, 2.45) is 0 Å². The number of alkyl halides is 3. The third-order valence-corrected chi connectivity index (χ3v) is 7.03. The minimum absolute atomic E-state index is 0.0118. The lowest BCUT2D eigenvalue weighted by atomic mass is 10.2. The van der Waals surface area contributed by atoms with Crippen molar-refractivity contribution >= 4 is 21.7 Å². The van der Waals surface area contributed by atoms with Gasteiger partial charge < -0.3 is 9.47 Å². The van der Waals surface area contributed by atoms with Gasteiger partial charge >= 0.3 is 6.18 Å². The molecule has 0 bridgehead atoms. The maximum atomic E-state index is 12.9. The van der Waals surface area contributed by atoms with Crippen molar-refractivity contribution in [2.75, 3.05) is 26.2 Å². The molecule has 32 heavy (non-hydrogen) atoms. The summed E-state index contributed by atoms with van der Waals surface area (Å²) in [7, 11) is -3.84. The Labute approximate surface area is 181 Å². The molecule has 8 nitrogen and oxygen atoms in total. The monoisotopic (exact) mass is 471 g/mol. The standard InChI is InChI=1S/C20H20F3N3O5S/c1-14(27)15-4-6-16(7-5-15)32(30,31)26-11-9-24(10-12-26)18(28)13-25-8-2-3-17(19(25)29)20(21,22)23/h2-8H,9-13H2,1H3. The van der Waals surface area contributed by atoms with Crippen LogP contribution < -0.4 is 5.56 Å². The number of hydrogen-bond donors (Lipinski definition) is 0. The summed E-state index contributed by atoms with van der Waals surface area (Å²) in [6, 6.07) is 7.20. The molecule has 1 aliphatic rings. The lowest BCUT2D eigenvalue weighted by molar-refractivity contribution is -0.139. The van der Waals surface area contributed by atoms with Crippen LogP contribution in [0, 0.1) is 0 Å². The van der Waals surface area contributed by atoms with E-state index in [1.807, 2.05) is 0 Å². The highest BCUT2D eigenvalue weighted by Gasteiger charge is 2.35. The first-order valence-electron chi connectivity index (χ1n) is 9.57. The lowest BCUT2D eigenvalue weighted by Crippen LogP contribution is -2.51. The van der Waals surface area contributed by atoms with E-state index in [9.17, 15) is 36.0 Å². The van der Waals surface area contributed by atoms with Crippen molar-refractivity contribution in [3.63, 3.8) is 0 Å². The molecular formula is C20H20F3N3O5S. The van der Waals surface area contributed by atoms with Crippen LogP contribution in [0.2, 0.25) is 0 Å². The molecule has 1 aromatic carbocycles. The van der Waals surface area contributed by atoms with Gasteiger partial charge in [0.2, 0.25) is 15.9 Å². The number of pyridine rings is 1. The Morgan fingerprint density at radius 3 is 2.12 bits per heavy atom. The van der Waals surface area contributed by atoms with E-state index in [1.165, 1.54) is 40.4 Å². The van der Waals surface area contributed by atoms with E-state index in [2.05, 4.69) is 0 Å². The average Bonchev–Trinajstić information content (AvgIpc) is 2.74. The van der Waals surface area contributed by atoms with Crippen molar-refractivity contribution < 1.29 is 31.2 Å². The molecule has 0 saturated carbocycles. The summed E-state index contributed by atoms with van der Waals surface area (Å²) < 4.78 is 66.1. The van der Waals surface area contributed by atoms with Gasteiger partial charge in [0.05, 0.1) is 4.90 Å². The number of carbonyl (C=O) groups excluding carboxylic acids is 2. The number of nitrogens with zero attached hydrogens (tertiary/aromatic N) is 3. The summed E-state index contributed by atoms with van der Waals surface area (Å²) in [5.41, 5.74) is -2.30. The van der Waals surface area contributed by atoms with Crippen molar-refractivity contribution in [1.82, 2.24) is 13.8 Å². The van der Waals surface area contributed by atoms with Crippen LogP contribution in [-0.2, 0) is 27.5 Å². The van der Waals surface area contributed by atoms with Gasteiger partial charge in [0.15, 0.2) is 5.78 Å². The number of Topliss-reactive ketones (excluding diaryl/α,β-unsaturated/α-hetero) is 1. The molecule has 3 rings (SSSR count). The fraction of sp³-hybridized carbons (Fsp3) is 0.350. The normalized spacial score (nSPS) is 15.6. The molecule has 2 heterocycles. The number of hydrogen-bond acceptors (Lipinski definition) is 5. The first kappa shape index (κ1) is 23.7. The fourth-order valence-corrected chi connectivity index (χ4v) is 4.73. The minimum atomic E-state index is -4.83. The zero-order valence-corrected chi connectivity index (χ0v) is 17.8. The molecule has 172 valence electrons. The van der Waals surface area contributed by atoms with Crippen molar-refractivity contribution in [3.05, 3.63) is 64.1 Å². The van der Waals surface area contributed by atoms with Crippen LogP contribution in [0.3, 0.4) is 0 Å². The molecule has 0 N–H and O–H groups in total. The third-order valence-electron chi connectivity index (χ3n) is 5.12. The third kappa shape index (κ3) is 4.91. The summed E-state index contributed by atoms with van der Waals surface area (Å²) in [6.45, 7) is 0.809. The Kier molecular flexibility index (Phi) is 6.56. The van der Waals surface area contributed by atoms with Crippen LogP contribution in [0.4, 0.5) is 13.2 Å². The molecule has 2 aromatic rings. The second kappa shape index (κ2) is 8.87. The van der Waals surface area contributed by atoms with Crippen molar-refractivity contribution in [3.8, 4) is 0 Å². The summed E-state index contributed by atoms with van der Waals surface area (Å²) in [5.74, 6) is -0.782. The quantitative estimate of drug-likeness (QED) is 0.618. The van der Waals surface area contributed by atoms with Crippen molar-refractivity contribution in [2.45, 2.75) is 24.5 Å². The van der Waals surface area contributed by atoms with E-state index in [0.29, 0.717) is 16.2 Å². The predicted molar refractivity (Wildman–Crippen MR) is 107 cm³/mol. The molecule has 0 radical (unpaired) electrons. The molecule has 1 aliphatic heterocycles. The first-order chi connectivity index (χ1) is 14.9. The second-order valence-corrected chi connectivity index (χ2v) is 9.16. The van der Waals surface area contributed by atoms with Crippen LogP contribution in [0.25, 0.3) is 0 Å². The average molecular weight is 471 g/mol. The Hall–Kier alpha value is -2.99. The van der Waals surface area contributed by atoms with Crippen molar-refractivity contribution in [1.29, 1.82) is 0 Å². The Morgan fingerprint density at radius 1 is 1.00 bits per heavy atom. The Balaban J connectivity index is 1.66. The number of piperazine rings is 1. The van der Waals surface area contributed by atoms with Gasteiger partial charge in [0.1, 0.15) is 12.1 Å². The van der Waals surface area contributed by atoms with E-state index >= 15 is 0 Å². The lowest BCUT2D eigenvalue weighted by Gasteiger charge is -2.34. The highest BCUT2D eigenvalue weighted by molar-refractivity contribution is 7.89. The number of amides is 1. The van der Waals surface area contributed by atoms with Gasteiger partial charge in [-0.15, -0.1) is 0 Å². The molecule has 1 aromatic heterocycles. The molecule has 0 aliphatic carbocycles. The number of carbonyl (C=O) groups is 2. The molecule has 0 unspecified atom stereocenters. The van der Waals surface area contributed by atoms with Gasteiger partial charge in [-0.2, -0.15) is 17.5 Å². The summed E-state index contributed by atoms with van der Waals surface area (Å²) in [5, 5.41) is 0. The Bertz CT molecular complexity index is 1180.